The molecule has 0 amide bonds. The van der Waals surface area contributed by atoms with E-state index in [9.17, 15) is 4.79 Å². The van der Waals surface area contributed by atoms with Gasteiger partial charge in [0.15, 0.2) is 5.78 Å². The third-order valence-corrected chi connectivity index (χ3v) is 5.61. The number of carbonyl (C=O) groups is 1. The highest BCUT2D eigenvalue weighted by Crippen LogP contribution is 2.29. The molecule has 0 N–H and O–H groups in total. The van der Waals surface area contributed by atoms with Crippen LogP contribution < -0.4 is 9.47 Å². The van der Waals surface area contributed by atoms with Gasteiger partial charge in [-0.2, -0.15) is 0 Å². The summed E-state index contributed by atoms with van der Waals surface area (Å²) in [4.78, 5) is 15.3. The lowest BCUT2D eigenvalue weighted by Gasteiger charge is -2.18. The molecule has 1 saturated heterocycles. The number of benzene rings is 2. The highest BCUT2D eigenvalue weighted by molar-refractivity contribution is 6.13. The summed E-state index contributed by atoms with van der Waals surface area (Å²) in [5.41, 5.74) is 3.76. The van der Waals surface area contributed by atoms with Gasteiger partial charge in [-0.25, -0.2) is 0 Å². The third-order valence-electron chi connectivity index (χ3n) is 5.61. The second-order valence-corrected chi connectivity index (χ2v) is 7.49. The molecule has 0 spiro atoms. The lowest BCUT2D eigenvalue weighted by molar-refractivity contribution is 0.102. The van der Waals surface area contributed by atoms with Gasteiger partial charge in [0.2, 0.25) is 0 Å². The monoisotopic (exact) mass is 377 g/mol. The quantitative estimate of drug-likeness (QED) is 0.700. The number of allylic oxidation sites excluding steroid dienone is 1. The number of nitrogens with zero attached hydrogens (tertiary/aromatic N) is 1. The average Bonchev–Trinajstić information content (AvgIpc) is 3.24. The minimum absolute atomic E-state index is 0.120. The smallest absolute Gasteiger partial charge is 0.189 e. The average molecular weight is 377 g/mol. The molecule has 2 aliphatic rings. The molecule has 4 rings (SSSR count). The summed E-state index contributed by atoms with van der Waals surface area (Å²) in [5.74, 6) is 1.81. The molecule has 4 heteroatoms. The van der Waals surface area contributed by atoms with Gasteiger partial charge in [-0.15, -0.1) is 0 Å². The molecule has 1 aliphatic heterocycles. The summed E-state index contributed by atoms with van der Waals surface area (Å²) in [7, 11) is 1.65. The molecule has 0 unspecified atom stereocenters. The van der Waals surface area contributed by atoms with Gasteiger partial charge in [0.05, 0.1) is 7.11 Å². The van der Waals surface area contributed by atoms with Gasteiger partial charge in [0, 0.05) is 17.7 Å². The number of hydrogen-bond acceptors (Lipinski definition) is 4. The van der Waals surface area contributed by atoms with E-state index in [1.165, 1.54) is 25.9 Å². The Morgan fingerprint density at radius 1 is 1.00 bits per heavy atom. The van der Waals surface area contributed by atoms with Crippen molar-refractivity contribution in [1.29, 1.82) is 0 Å². The maximum Gasteiger partial charge on any atom is 0.189 e. The second kappa shape index (κ2) is 8.61. The molecule has 0 saturated carbocycles. The van der Waals surface area contributed by atoms with E-state index < -0.39 is 0 Å². The molecule has 1 aliphatic carbocycles. The molecule has 2 aromatic rings. The molecule has 2 aromatic carbocycles. The van der Waals surface area contributed by atoms with Crippen molar-refractivity contribution < 1.29 is 14.3 Å². The van der Waals surface area contributed by atoms with Crippen molar-refractivity contribution in [3.63, 3.8) is 0 Å². The van der Waals surface area contributed by atoms with Gasteiger partial charge < -0.3 is 9.47 Å². The highest BCUT2D eigenvalue weighted by atomic mass is 16.5. The topological polar surface area (TPSA) is 38.8 Å². The van der Waals surface area contributed by atoms with Crippen LogP contribution in [0.2, 0.25) is 0 Å². The maximum absolute atomic E-state index is 12.8. The summed E-state index contributed by atoms with van der Waals surface area (Å²) in [6.07, 6.45) is 6.23. The lowest BCUT2D eigenvalue weighted by Crippen LogP contribution is -2.25. The van der Waals surface area contributed by atoms with Gasteiger partial charge in [0.25, 0.3) is 0 Å². The Morgan fingerprint density at radius 2 is 1.75 bits per heavy atom. The van der Waals surface area contributed by atoms with Gasteiger partial charge in [-0.3, -0.25) is 9.69 Å². The number of ketones is 1. The fourth-order valence-electron chi connectivity index (χ4n) is 3.98. The summed E-state index contributed by atoms with van der Waals surface area (Å²) >= 11 is 0. The number of methoxy groups -OCH3 is 1. The Kier molecular flexibility index (Phi) is 5.77. The predicted octanol–water partition coefficient (Wildman–Crippen LogP) is 4.38. The number of aryl methyl sites for hydroxylation is 1. The van der Waals surface area contributed by atoms with Crippen LogP contribution in [0.25, 0.3) is 6.08 Å². The van der Waals surface area contributed by atoms with Gasteiger partial charge >= 0.3 is 0 Å². The van der Waals surface area contributed by atoms with Crippen molar-refractivity contribution in [2.75, 3.05) is 33.4 Å². The van der Waals surface area contributed by atoms with E-state index >= 15 is 0 Å². The van der Waals surface area contributed by atoms with E-state index in [1.807, 2.05) is 48.5 Å². The van der Waals surface area contributed by atoms with Crippen molar-refractivity contribution in [2.45, 2.75) is 25.7 Å². The molecular formula is C24H27NO3. The van der Waals surface area contributed by atoms with Gasteiger partial charge in [0.1, 0.15) is 18.1 Å². The summed E-state index contributed by atoms with van der Waals surface area (Å²) in [6, 6.07) is 13.7. The highest BCUT2D eigenvalue weighted by Gasteiger charge is 2.22. The fraction of sp³-hybridized carbons (Fsp3) is 0.375. The number of likely N-dealkylation sites (tertiary alicyclic amines) is 1. The van der Waals surface area contributed by atoms with Crippen LogP contribution in [0.15, 0.2) is 48.0 Å². The minimum atomic E-state index is 0.120. The molecule has 1 fully saturated rings. The first kappa shape index (κ1) is 18.8. The van der Waals surface area contributed by atoms with Crippen LogP contribution >= 0.6 is 0 Å². The minimum Gasteiger partial charge on any atom is -0.497 e. The van der Waals surface area contributed by atoms with Gasteiger partial charge in [-0.1, -0.05) is 12.1 Å². The zero-order chi connectivity index (χ0) is 19.3. The summed E-state index contributed by atoms with van der Waals surface area (Å²) in [5, 5.41) is 0. The van der Waals surface area contributed by atoms with Crippen LogP contribution in [-0.4, -0.2) is 44.0 Å². The van der Waals surface area contributed by atoms with Crippen molar-refractivity contribution in [3.05, 3.63) is 64.7 Å². The Morgan fingerprint density at radius 3 is 2.50 bits per heavy atom. The molecule has 0 atom stereocenters. The number of carbonyl (C=O) groups excluding carboxylic acids is 1. The summed E-state index contributed by atoms with van der Waals surface area (Å²) in [6.45, 7) is 4.10. The van der Waals surface area contributed by atoms with Crippen molar-refractivity contribution in [1.82, 2.24) is 4.90 Å². The normalized spacial score (nSPS) is 18.3. The van der Waals surface area contributed by atoms with E-state index in [1.54, 1.807) is 7.11 Å². The van der Waals surface area contributed by atoms with E-state index in [0.29, 0.717) is 0 Å². The van der Waals surface area contributed by atoms with Crippen LogP contribution in [0, 0.1) is 0 Å². The number of rotatable bonds is 6. The van der Waals surface area contributed by atoms with Crippen molar-refractivity contribution >= 4 is 11.9 Å². The third kappa shape index (κ3) is 4.28. The first-order chi connectivity index (χ1) is 13.7. The molecule has 146 valence electrons. The van der Waals surface area contributed by atoms with Crippen LogP contribution in [0.1, 0.15) is 40.7 Å². The van der Waals surface area contributed by atoms with Crippen LogP contribution in [0.4, 0.5) is 0 Å². The predicted molar refractivity (Wildman–Crippen MR) is 111 cm³/mol. The SMILES string of the molecule is COc1ccc2c(c1)CC/C(=C\c1ccc(OCCN3CCCC3)cc1)C2=O. The van der Waals surface area contributed by atoms with E-state index in [-0.39, 0.29) is 5.78 Å². The molecule has 0 radical (unpaired) electrons. The number of Topliss-reactive ketones (excluding diaryl/α,β-unsaturated/α-hetero) is 1. The molecule has 1 heterocycles. The van der Waals surface area contributed by atoms with Crippen molar-refractivity contribution in [3.8, 4) is 11.5 Å². The maximum atomic E-state index is 12.8. The van der Waals surface area contributed by atoms with Crippen molar-refractivity contribution in [2.24, 2.45) is 0 Å². The zero-order valence-corrected chi connectivity index (χ0v) is 16.4. The van der Waals surface area contributed by atoms with Gasteiger partial charge in [-0.05, 0) is 86.3 Å². The van der Waals surface area contributed by atoms with Crippen LogP contribution in [0.3, 0.4) is 0 Å². The Bertz CT molecular complexity index is 864. The molecule has 4 nitrogen and oxygen atoms in total. The Labute approximate surface area is 166 Å². The molecule has 0 aromatic heterocycles. The second-order valence-electron chi connectivity index (χ2n) is 7.49. The first-order valence-corrected chi connectivity index (χ1v) is 10.1. The van der Waals surface area contributed by atoms with Crippen LogP contribution in [0.5, 0.6) is 11.5 Å². The van der Waals surface area contributed by atoms with E-state index in [0.717, 1.165) is 59.8 Å². The molecule has 0 bridgehead atoms. The first-order valence-electron chi connectivity index (χ1n) is 10.1. The van der Waals surface area contributed by atoms with E-state index in [4.69, 9.17) is 9.47 Å². The standard InChI is InChI=1S/C24H27NO3/c1-27-22-10-11-23-19(17-22)6-7-20(24(23)26)16-18-4-8-21(9-5-18)28-15-14-25-12-2-3-13-25/h4-5,8-11,16-17H,2-3,6-7,12-15H2,1H3/b20-16+. The lowest BCUT2D eigenvalue weighted by atomic mass is 9.86. The molecular weight excluding hydrogens is 350 g/mol. The largest absolute Gasteiger partial charge is 0.497 e. The Balaban J connectivity index is 1.39. The number of ether oxygens (including phenoxy) is 2. The van der Waals surface area contributed by atoms with E-state index in [2.05, 4.69) is 4.90 Å². The number of fused-ring (bicyclic) bond motifs is 1. The van der Waals surface area contributed by atoms with Crippen LogP contribution in [-0.2, 0) is 6.42 Å². The zero-order valence-electron chi connectivity index (χ0n) is 16.4. The Hall–Kier alpha value is -2.59. The molecule has 28 heavy (non-hydrogen) atoms. The summed E-state index contributed by atoms with van der Waals surface area (Å²) < 4.78 is 11.1. The number of hydrogen-bond donors (Lipinski definition) is 0. The fourth-order valence-corrected chi connectivity index (χ4v) is 3.98.